The molecule has 0 aromatic rings. The van der Waals surface area contributed by atoms with Gasteiger partial charge in [-0.05, 0) is 25.7 Å². The molecular weight excluding hydrogens is 152 g/mol. The minimum atomic E-state index is -0.230. The molecule has 0 radical (unpaired) electrons. The number of rotatable bonds is 7. The Hall–Kier alpha value is -0.0800. The van der Waals surface area contributed by atoms with Gasteiger partial charge in [0.1, 0.15) is 0 Å². The predicted molar refractivity (Wildman–Crippen MR) is 51.2 cm³/mol. The molecule has 74 valence electrons. The van der Waals surface area contributed by atoms with Crippen LogP contribution in [0, 0.1) is 5.92 Å². The highest BCUT2D eigenvalue weighted by Gasteiger charge is 2.01. The molecule has 2 heteroatoms. The monoisotopic (exact) mass is 174 g/mol. The first kappa shape index (κ1) is 11.9. The van der Waals surface area contributed by atoms with Gasteiger partial charge in [0.15, 0.2) is 0 Å². The lowest BCUT2D eigenvalue weighted by Crippen LogP contribution is -2.10. The number of ether oxygens (including phenoxy) is 1. The molecule has 2 unspecified atom stereocenters. The Labute approximate surface area is 75.9 Å². The van der Waals surface area contributed by atoms with Crippen LogP contribution in [0.5, 0.6) is 0 Å². The van der Waals surface area contributed by atoms with E-state index in [-0.39, 0.29) is 6.10 Å². The summed E-state index contributed by atoms with van der Waals surface area (Å²) in [7, 11) is 0. The van der Waals surface area contributed by atoms with Gasteiger partial charge in [-0.2, -0.15) is 0 Å². The smallest absolute Gasteiger partial charge is 0.0534 e. The fraction of sp³-hybridized carbons (Fsp3) is 1.00. The first-order chi connectivity index (χ1) is 5.66. The second kappa shape index (κ2) is 7.56. The third-order valence-corrected chi connectivity index (χ3v) is 1.86. The summed E-state index contributed by atoms with van der Waals surface area (Å²) in [6, 6.07) is 0. The first-order valence-corrected chi connectivity index (χ1v) is 4.92. The molecule has 12 heavy (non-hydrogen) atoms. The molecule has 0 rings (SSSR count). The van der Waals surface area contributed by atoms with E-state index in [0.29, 0.717) is 12.5 Å². The molecule has 1 N–H and O–H groups in total. The van der Waals surface area contributed by atoms with Crippen LogP contribution < -0.4 is 0 Å². The second-order valence-corrected chi connectivity index (χ2v) is 3.61. The molecule has 0 amide bonds. The summed E-state index contributed by atoms with van der Waals surface area (Å²) in [5.41, 5.74) is 0. The maximum Gasteiger partial charge on any atom is 0.0534 e. The molecule has 0 heterocycles. The lowest BCUT2D eigenvalue weighted by atomic mass is 10.1. The van der Waals surface area contributed by atoms with Crippen LogP contribution in [0.2, 0.25) is 0 Å². The Morgan fingerprint density at radius 2 is 1.92 bits per heavy atom. The molecular formula is C10H22O2. The Bertz CT molecular complexity index is 91.8. The van der Waals surface area contributed by atoms with Crippen molar-refractivity contribution in [2.45, 2.75) is 46.1 Å². The molecule has 0 aromatic carbocycles. The summed E-state index contributed by atoms with van der Waals surface area (Å²) in [5, 5.41) is 8.94. The van der Waals surface area contributed by atoms with Crippen LogP contribution in [0.25, 0.3) is 0 Å². The normalized spacial score (nSPS) is 16.0. The Kier molecular flexibility index (Phi) is 7.51. The van der Waals surface area contributed by atoms with Crippen molar-refractivity contribution < 1.29 is 9.84 Å². The van der Waals surface area contributed by atoms with Crippen LogP contribution in [0.15, 0.2) is 0 Å². The fourth-order valence-electron chi connectivity index (χ4n) is 1.11. The van der Waals surface area contributed by atoms with E-state index in [9.17, 15) is 0 Å². The van der Waals surface area contributed by atoms with Crippen LogP contribution in [-0.2, 0) is 4.74 Å². The summed E-state index contributed by atoms with van der Waals surface area (Å²) in [6.07, 6.45) is 2.97. The van der Waals surface area contributed by atoms with Gasteiger partial charge in [0.2, 0.25) is 0 Å². The number of aliphatic hydroxyl groups is 1. The van der Waals surface area contributed by atoms with Gasteiger partial charge in [-0.3, -0.25) is 0 Å². The van der Waals surface area contributed by atoms with Crippen molar-refractivity contribution in [2.24, 2.45) is 5.92 Å². The zero-order valence-corrected chi connectivity index (χ0v) is 8.55. The molecule has 0 saturated heterocycles. The van der Waals surface area contributed by atoms with E-state index in [0.717, 1.165) is 13.0 Å². The van der Waals surface area contributed by atoms with Gasteiger partial charge in [-0.15, -0.1) is 0 Å². The van der Waals surface area contributed by atoms with Crippen LogP contribution >= 0.6 is 0 Å². The van der Waals surface area contributed by atoms with E-state index in [2.05, 4.69) is 13.8 Å². The molecule has 2 nitrogen and oxygen atoms in total. The molecule has 0 fully saturated rings. The largest absolute Gasteiger partial charge is 0.393 e. The highest BCUT2D eigenvalue weighted by atomic mass is 16.5. The molecule has 0 saturated carbocycles. The number of hydrogen-bond acceptors (Lipinski definition) is 2. The topological polar surface area (TPSA) is 29.5 Å². The quantitative estimate of drug-likeness (QED) is 0.600. The standard InChI is InChI=1S/C10H22O2/c1-4-5-9(2)8-12-7-6-10(3)11/h9-11H,4-8H2,1-3H3. The van der Waals surface area contributed by atoms with Crippen molar-refractivity contribution in [3.63, 3.8) is 0 Å². The van der Waals surface area contributed by atoms with Gasteiger partial charge in [0.05, 0.1) is 6.10 Å². The van der Waals surface area contributed by atoms with Crippen LogP contribution in [-0.4, -0.2) is 24.4 Å². The van der Waals surface area contributed by atoms with E-state index in [4.69, 9.17) is 9.84 Å². The predicted octanol–water partition coefficient (Wildman–Crippen LogP) is 2.21. The first-order valence-electron chi connectivity index (χ1n) is 4.92. The lowest BCUT2D eigenvalue weighted by molar-refractivity contribution is 0.0695. The number of aliphatic hydroxyl groups excluding tert-OH is 1. The third kappa shape index (κ3) is 8.02. The van der Waals surface area contributed by atoms with E-state index in [1.807, 2.05) is 0 Å². The Morgan fingerprint density at radius 3 is 2.42 bits per heavy atom. The van der Waals surface area contributed by atoms with E-state index in [1.54, 1.807) is 6.92 Å². The Balaban J connectivity index is 3.08. The van der Waals surface area contributed by atoms with Crippen LogP contribution in [0.3, 0.4) is 0 Å². The van der Waals surface area contributed by atoms with Gasteiger partial charge >= 0.3 is 0 Å². The van der Waals surface area contributed by atoms with Gasteiger partial charge in [0, 0.05) is 13.2 Å². The zero-order valence-electron chi connectivity index (χ0n) is 8.55. The van der Waals surface area contributed by atoms with Gasteiger partial charge in [-0.1, -0.05) is 20.3 Å². The van der Waals surface area contributed by atoms with Crippen LogP contribution in [0.4, 0.5) is 0 Å². The third-order valence-electron chi connectivity index (χ3n) is 1.86. The molecule has 0 aliphatic rings. The van der Waals surface area contributed by atoms with Crippen molar-refractivity contribution in [3.8, 4) is 0 Å². The summed E-state index contributed by atoms with van der Waals surface area (Å²) in [4.78, 5) is 0. The van der Waals surface area contributed by atoms with Crippen molar-refractivity contribution in [2.75, 3.05) is 13.2 Å². The molecule has 0 spiro atoms. The summed E-state index contributed by atoms with van der Waals surface area (Å²) in [5.74, 6) is 0.656. The Morgan fingerprint density at radius 1 is 1.25 bits per heavy atom. The molecule has 2 atom stereocenters. The summed E-state index contributed by atoms with van der Waals surface area (Å²) >= 11 is 0. The minimum Gasteiger partial charge on any atom is -0.393 e. The van der Waals surface area contributed by atoms with E-state index in [1.165, 1.54) is 12.8 Å². The molecule has 0 aliphatic carbocycles. The van der Waals surface area contributed by atoms with Gasteiger partial charge < -0.3 is 9.84 Å². The van der Waals surface area contributed by atoms with Crippen molar-refractivity contribution in [1.82, 2.24) is 0 Å². The average molecular weight is 174 g/mol. The second-order valence-electron chi connectivity index (χ2n) is 3.61. The maximum atomic E-state index is 8.94. The maximum absolute atomic E-state index is 8.94. The zero-order chi connectivity index (χ0) is 9.40. The summed E-state index contributed by atoms with van der Waals surface area (Å²) < 4.78 is 5.40. The number of hydrogen-bond donors (Lipinski definition) is 1. The van der Waals surface area contributed by atoms with E-state index < -0.39 is 0 Å². The van der Waals surface area contributed by atoms with Gasteiger partial charge in [0.25, 0.3) is 0 Å². The molecule has 0 aromatic heterocycles. The van der Waals surface area contributed by atoms with E-state index >= 15 is 0 Å². The highest BCUT2D eigenvalue weighted by Crippen LogP contribution is 2.05. The fourth-order valence-corrected chi connectivity index (χ4v) is 1.11. The average Bonchev–Trinajstić information content (AvgIpc) is 1.98. The lowest BCUT2D eigenvalue weighted by Gasteiger charge is -2.11. The minimum absolute atomic E-state index is 0.230. The summed E-state index contributed by atoms with van der Waals surface area (Å²) in [6.45, 7) is 7.70. The van der Waals surface area contributed by atoms with Crippen molar-refractivity contribution >= 4 is 0 Å². The van der Waals surface area contributed by atoms with Crippen molar-refractivity contribution in [3.05, 3.63) is 0 Å². The SMILES string of the molecule is CCCC(C)COCCC(C)O. The molecule has 0 bridgehead atoms. The van der Waals surface area contributed by atoms with Crippen LogP contribution in [0.1, 0.15) is 40.0 Å². The van der Waals surface area contributed by atoms with Crippen molar-refractivity contribution in [1.29, 1.82) is 0 Å². The highest BCUT2D eigenvalue weighted by molar-refractivity contribution is 4.50. The van der Waals surface area contributed by atoms with Gasteiger partial charge in [-0.25, -0.2) is 0 Å². The molecule has 0 aliphatic heterocycles.